The van der Waals surface area contributed by atoms with Gasteiger partial charge in [-0.3, -0.25) is 4.79 Å². The molecule has 30 heavy (non-hydrogen) atoms. The summed E-state index contributed by atoms with van der Waals surface area (Å²) in [5.41, 5.74) is 4.57. The Hall–Kier alpha value is -2.44. The number of rotatable bonds is 6. The van der Waals surface area contributed by atoms with E-state index in [4.69, 9.17) is 0 Å². The van der Waals surface area contributed by atoms with Crippen molar-refractivity contribution in [3.8, 4) is 0 Å². The highest BCUT2D eigenvalue weighted by Gasteiger charge is 2.39. The first-order valence-electron chi connectivity index (χ1n) is 10.8. The van der Waals surface area contributed by atoms with E-state index < -0.39 is 0 Å². The number of amides is 1. The number of hydrogen-bond acceptors (Lipinski definition) is 5. The zero-order chi connectivity index (χ0) is 20.7. The van der Waals surface area contributed by atoms with E-state index in [1.807, 2.05) is 26.1 Å². The monoisotopic (exact) mass is 420 g/mol. The minimum Gasteiger partial charge on any atom is -0.386 e. The molecular formula is C24H28N4OS. The van der Waals surface area contributed by atoms with Gasteiger partial charge in [-0.25, -0.2) is 4.98 Å². The number of thiophene rings is 1. The van der Waals surface area contributed by atoms with Crippen LogP contribution in [0.25, 0.3) is 10.2 Å². The van der Waals surface area contributed by atoms with Crippen LogP contribution < -0.4 is 16.0 Å². The fraction of sp³-hybridized carbons (Fsp3) is 0.417. The molecule has 1 aliphatic heterocycles. The van der Waals surface area contributed by atoms with Crippen molar-refractivity contribution >= 4 is 33.1 Å². The quantitative estimate of drug-likeness (QED) is 0.562. The third kappa shape index (κ3) is 3.59. The lowest BCUT2D eigenvalue weighted by molar-refractivity contribution is 0.0959. The van der Waals surface area contributed by atoms with Crippen LogP contribution >= 0.6 is 11.3 Å². The number of carbonyl (C=O) groups excluding carboxylic acids is 1. The van der Waals surface area contributed by atoms with Gasteiger partial charge in [-0.15, -0.1) is 11.3 Å². The van der Waals surface area contributed by atoms with Crippen LogP contribution in [0.15, 0.2) is 36.4 Å². The molecule has 1 aliphatic carbocycles. The third-order valence-electron chi connectivity index (χ3n) is 6.62. The number of anilines is 1. The minimum absolute atomic E-state index is 0.0360. The van der Waals surface area contributed by atoms with Crippen molar-refractivity contribution in [2.75, 3.05) is 25.5 Å². The molecule has 1 saturated carbocycles. The van der Waals surface area contributed by atoms with E-state index in [1.54, 1.807) is 0 Å². The summed E-state index contributed by atoms with van der Waals surface area (Å²) in [5.74, 6) is 1.49. The molecule has 2 aromatic heterocycles. The Balaban J connectivity index is 1.21. The summed E-state index contributed by atoms with van der Waals surface area (Å²) < 4.78 is 0. The van der Waals surface area contributed by atoms with Crippen molar-refractivity contribution in [2.24, 2.45) is 5.92 Å². The average Bonchev–Trinajstić information content (AvgIpc) is 3.47. The molecule has 2 bridgehead atoms. The predicted octanol–water partition coefficient (Wildman–Crippen LogP) is 4.08. The van der Waals surface area contributed by atoms with Crippen molar-refractivity contribution in [2.45, 2.75) is 38.1 Å². The number of nitrogens with one attached hydrogen (secondary N) is 3. The van der Waals surface area contributed by atoms with Gasteiger partial charge in [0.15, 0.2) is 0 Å². The topological polar surface area (TPSA) is 66.1 Å². The summed E-state index contributed by atoms with van der Waals surface area (Å²) in [4.78, 5) is 19.0. The first-order valence-corrected chi connectivity index (χ1v) is 11.6. The highest BCUT2D eigenvalue weighted by Crippen LogP contribution is 2.43. The maximum absolute atomic E-state index is 12.8. The largest absolute Gasteiger partial charge is 0.386 e. The van der Waals surface area contributed by atoms with Gasteiger partial charge in [0.25, 0.3) is 5.91 Å². The second-order valence-electron chi connectivity index (χ2n) is 8.55. The van der Waals surface area contributed by atoms with E-state index in [2.05, 4.69) is 45.2 Å². The van der Waals surface area contributed by atoms with Crippen molar-refractivity contribution in [3.05, 3.63) is 58.1 Å². The molecule has 2 aliphatic rings. The van der Waals surface area contributed by atoms with Crippen LogP contribution in [-0.4, -0.2) is 37.1 Å². The molecule has 5 rings (SSSR count). The van der Waals surface area contributed by atoms with E-state index in [9.17, 15) is 4.79 Å². The van der Waals surface area contributed by atoms with E-state index >= 15 is 0 Å². The molecule has 0 spiro atoms. The predicted molar refractivity (Wildman–Crippen MR) is 124 cm³/mol. The minimum atomic E-state index is -0.0360. The van der Waals surface area contributed by atoms with Crippen LogP contribution in [0.3, 0.4) is 0 Å². The molecule has 1 amide bonds. The van der Waals surface area contributed by atoms with Gasteiger partial charge >= 0.3 is 0 Å². The summed E-state index contributed by atoms with van der Waals surface area (Å²) in [5, 5.41) is 10.9. The molecule has 3 unspecified atom stereocenters. The lowest BCUT2D eigenvalue weighted by Crippen LogP contribution is -2.28. The van der Waals surface area contributed by atoms with Crippen LogP contribution in [0.4, 0.5) is 5.69 Å². The standard InChI is InChI=1S/C24H28N4OS/c1-14-3-8-19-21(25-2)22(30-24(19)28-14)23(29)26-10-9-15-4-6-16(7-5-15)20-12-18-11-17(20)13-27-18/h3-8,17-18,20,25,27H,9-13H2,1-2H3,(H,26,29). The van der Waals surface area contributed by atoms with Gasteiger partial charge in [0, 0.05) is 30.7 Å². The first-order chi connectivity index (χ1) is 14.6. The lowest BCUT2D eigenvalue weighted by atomic mass is 9.87. The highest BCUT2D eigenvalue weighted by atomic mass is 32.1. The molecule has 3 aromatic rings. The number of carbonyl (C=O) groups is 1. The van der Waals surface area contributed by atoms with E-state index in [0.29, 0.717) is 11.4 Å². The molecule has 3 atom stereocenters. The summed E-state index contributed by atoms with van der Waals surface area (Å²) >= 11 is 1.45. The van der Waals surface area contributed by atoms with E-state index in [1.165, 1.54) is 41.9 Å². The van der Waals surface area contributed by atoms with Gasteiger partial charge in [-0.2, -0.15) is 0 Å². The first kappa shape index (κ1) is 19.5. The molecule has 2 fully saturated rings. The number of aryl methyl sites for hydroxylation is 1. The highest BCUT2D eigenvalue weighted by molar-refractivity contribution is 7.21. The molecule has 1 saturated heterocycles. The van der Waals surface area contributed by atoms with Gasteiger partial charge in [-0.1, -0.05) is 24.3 Å². The Morgan fingerprint density at radius 1 is 1.20 bits per heavy atom. The zero-order valence-electron chi connectivity index (χ0n) is 17.5. The number of benzene rings is 1. The number of fused-ring (bicyclic) bond motifs is 3. The van der Waals surface area contributed by atoms with Crippen molar-refractivity contribution in [1.82, 2.24) is 15.6 Å². The van der Waals surface area contributed by atoms with Crippen LogP contribution in [0.2, 0.25) is 0 Å². The Kier molecular flexibility index (Phi) is 5.21. The Morgan fingerprint density at radius 3 is 2.73 bits per heavy atom. The second-order valence-corrected chi connectivity index (χ2v) is 9.55. The molecule has 156 valence electrons. The maximum Gasteiger partial charge on any atom is 0.263 e. The number of piperidine rings is 1. The summed E-state index contributed by atoms with van der Waals surface area (Å²) in [6.07, 6.45) is 3.44. The summed E-state index contributed by atoms with van der Waals surface area (Å²) in [6.45, 7) is 3.77. The van der Waals surface area contributed by atoms with Crippen LogP contribution in [0, 0.1) is 12.8 Å². The van der Waals surface area contributed by atoms with Gasteiger partial charge < -0.3 is 16.0 Å². The van der Waals surface area contributed by atoms with E-state index in [-0.39, 0.29) is 5.91 Å². The average molecular weight is 421 g/mol. The molecule has 1 aromatic carbocycles. The van der Waals surface area contributed by atoms with Crippen LogP contribution in [-0.2, 0) is 6.42 Å². The number of hydrogen-bond donors (Lipinski definition) is 3. The number of aromatic nitrogens is 1. The molecule has 0 radical (unpaired) electrons. The van der Waals surface area contributed by atoms with E-state index in [0.717, 1.165) is 45.9 Å². The SMILES string of the molecule is CNc1c(C(=O)NCCc2ccc(C3CC4CC3CN4)cc2)sc2nc(C)ccc12. The van der Waals surface area contributed by atoms with Crippen LogP contribution in [0.5, 0.6) is 0 Å². The Labute approximate surface area is 181 Å². The summed E-state index contributed by atoms with van der Waals surface area (Å²) in [6, 6.07) is 13.8. The summed E-state index contributed by atoms with van der Waals surface area (Å²) in [7, 11) is 1.85. The van der Waals surface area contributed by atoms with Crippen molar-refractivity contribution in [1.29, 1.82) is 0 Å². The number of pyridine rings is 1. The fourth-order valence-corrected chi connectivity index (χ4v) is 6.20. The van der Waals surface area contributed by atoms with Gasteiger partial charge in [0.05, 0.1) is 5.69 Å². The number of nitrogens with zero attached hydrogens (tertiary/aromatic N) is 1. The smallest absolute Gasteiger partial charge is 0.263 e. The van der Waals surface area contributed by atoms with Gasteiger partial charge in [0.2, 0.25) is 0 Å². The van der Waals surface area contributed by atoms with Crippen molar-refractivity contribution < 1.29 is 4.79 Å². The normalized spacial score (nSPS) is 22.5. The Bertz CT molecular complexity index is 1070. The van der Waals surface area contributed by atoms with Gasteiger partial charge in [0.1, 0.15) is 9.71 Å². The molecule has 5 nitrogen and oxygen atoms in total. The van der Waals surface area contributed by atoms with Gasteiger partial charge in [-0.05, 0) is 67.8 Å². The third-order valence-corrected chi connectivity index (χ3v) is 7.72. The second kappa shape index (κ2) is 8.00. The molecular weight excluding hydrogens is 392 g/mol. The molecule has 3 N–H and O–H groups in total. The maximum atomic E-state index is 12.8. The molecule has 6 heteroatoms. The zero-order valence-corrected chi connectivity index (χ0v) is 18.3. The fourth-order valence-electron chi connectivity index (χ4n) is 5.05. The Morgan fingerprint density at radius 2 is 2.03 bits per heavy atom. The lowest BCUT2D eigenvalue weighted by Gasteiger charge is -2.23. The van der Waals surface area contributed by atoms with Crippen molar-refractivity contribution in [3.63, 3.8) is 0 Å². The molecule has 3 heterocycles. The van der Waals surface area contributed by atoms with Crippen LogP contribution in [0.1, 0.15) is 45.3 Å².